The summed E-state index contributed by atoms with van der Waals surface area (Å²) in [5, 5.41) is 2.55. The molecular formula is C12H18N2O2. The summed E-state index contributed by atoms with van der Waals surface area (Å²) >= 11 is 0. The maximum absolute atomic E-state index is 11.5. The van der Waals surface area contributed by atoms with Crippen molar-refractivity contribution >= 4 is 11.8 Å². The molecule has 0 unspecified atom stereocenters. The van der Waals surface area contributed by atoms with Crippen LogP contribution in [0.25, 0.3) is 0 Å². The second-order valence-electron chi connectivity index (χ2n) is 4.45. The van der Waals surface area contributed by atoms with Crippen LogP contribution in [0.3, 0.4) is 0 Å². The van der Waals surface area contributed by atoms with Crippen LogP contribution in [0.1, 0.15) is 32.1 Å². The normalized spacial score (nSPS) is 21.8. The molecule has 1 saturated heterocycles. The Labute approximate surface area is 95.7 Å². The summed E-state index contributed by atoms with van der Waals surface area (Å²) < 4.78 is 0. The standard InChI is InChI=1S/C12H18N2O2/c15-11-9-14(12(16)8-13-11)7-6-10-4-2-1-3-5-10/h4H,1-3,5-9H2,(H,13,15). The van der Waals surface area contributed by atoms with E-state index < -0.39 is 0 Å². The molecular weight excluding hydrogens is 204 g/mol. The van der Waals surface area contributed by atoms with Crippen LogP contribution >= 0.6 is 0 Å². The molecule has 1 fully saturated rings. The first kappa shape index (κ1) is 11.2. The zero-order valence-corrected chi connectivity index (χ0v) is 9.50. The number of hydrogen-bond donors (Lipinski definition) is 1. The second kappa shape index (κ2) is 5.14. The fraction of sp³-hybridized carbons (Fsp3) is 0.667. The van der Waals surface area contributed by atoms with Crippen LogP contribution < -0.4 is 5.32 Å². The van der Waals surface area contributed by atoms with Crippen molar-refractivity contribution in [1.82, 2.24) is 10.2 Å². The van der Waals surface area contributed by atoms with Gasteiger partial charge in [-0.15, -0.1) is 0 Å². The summed E-state index contributed by atoms with van der Waals surface area (Å²) in [6.45, 7) is 1.09. The highest BCUT2D eigenvalue weighted by atomic mass is 16.2. The number of rotatable bonds is 3. The predicted molar refractivity (Wildman–Crippen MR) is 60.8 cm³/mol. The lowest BCUT2D eigenvalue weighted by molar-refractivity contribution is -0.140. The fourth-order valence-electron chi connectivity index (χ4n) is 2.22. The lowest BCUT2D eigenvalue weighted by atomic mass is 9.97. The average molecular weight is 222 g/mol. The van der Waals surface area contributed by atoms with Crippen LogP contribution in [0.4, 0.5) is 0 Å². The summed E-state index contributed by atoms with van der Waals surface area (Å²) in [6.07, 6.45) is 8.10. The van der Waals surface area contributed by atoms with Crippen LogP contribution in [-0.4, -0.2) is 36.3 Å². The topological polar surface area (TPSA) is 49.4 Å². The number of hydrogen-bond acceptors (Lipinski definition) is 2. The molecule has 0 atom stereocenters. The number of carbonyl (C=O) groups is 2. The monoisotopic (exact) mass is 222 g/mol. The maximum Gasteiger partial charge on any atom is 0.242 e. The van der Waals surface area contributed by atoms with Crippen molar-refractivity contribution in [3.05, 3.63) is 11.6 Å². The molecule has 0 radical (unpaired) electrons. The highest BCUT2D eigenvalue weighted by Crippen LogP contribution is 2.20. The molecule has 0 aromatic carbocycles. The largest absolute Gasteiger partial charge is 0.345 e. The molecule has 1 aliphatic carbocycles. The molecule has 4 heteroatoms. The summed E-state index contributed by atoms with van der Waals surface area (Å²) in [5.74, 6) is -0.00627. The SMILES string of the molecule is O=C1CN(CCC2=CCCCC2)C(=O)CN1. The third-order valence-corrected chi connectivity index (χ3v) is 3.21. The molecule has 2 amide bonds. The highest BCUT2D eigenvalue weighted by molar-refractivity contribution is 5.92. The molecule has 0 saturated carbocycles. The van der Waals surface area contributed by atoms with Crippen LogP contribution in [0.5, 0.6) is 0 Å². The van der Waals surface area contributed by atoms with Gasteiger partial charge in [0.15, 0.2) is 0 Å². The summed E-state index contributed by atoms with van der Waals surface area (Å²) in [7, 11) is 0. The maximum atomic E-state index is 11.5. The Morgan fingerprint density at radius 2 is 2.19 bits per heavy atom. The fourth-order valence-corrected chi connectivity index (χ4v) is 2.22. The number of amides is 2. The highest BCUT2D eigenvalue weighted by Gasteiger charge is 2.22. The van der Waals surface area contributed by atoms with Crippen LogP contribution in [0, 0.1) is 0 Å². The molecule has 1 heterocycles. The van der Waals surface area contributed by atoms with Gasteiger partial charge in [0.25, 0.3) is 0 Å². The van der Waals surface area contributed by atoms with E-state index in [9.17, 15) is 9.59 Å². The van der Waals surface area contributed by atoms with E-state index in [4.69, 9.17) is 0 Å². The molecule has 0 bridgehead atoms. The molecule has 4 nitrogen and oxygen atoms in total. The van der Waals surface area contributed by atoms with Gasteiger partial charge in [0.05, 0.1) is 13.1 Å². The quantitative estimate of drug-likeness (QED) is 0.719. The Hall–Kier alpha value is -1.32. The first-order valence-corrected chi connectivity index (χ1v) is 5.98. The second-order valence-corrected chi connectivity index (χ2v) is 4.45. The van der Waals surface area contributed by atoms with Crippen LogP contribution in [0.2, 0.25) is 0 Å². The van der Waals surface area contributed by atoms with E-state index in [-0.39, 0.29) is 24.9 Å². The molecule has 16 heavy (non-hydrogen) atoms. The number of nitrogens with one attached hydrogen (secondary N) is 1. The van der Waals surface area contributed by atoms with Crippen molar-refractivity contribution in [3.8, 4) is 0 Å². The zero-order valence-electron chi connectivity index (χ0n) is 9.50. The minimum absolute atomic E-state index is 0.0380. The molecule has 2 aliphatic rings. The van der Waals surface area contributed by atoms with Crippen molar-refractivity contribution in [1.29, 1.82) is 0 Å². The smallest absolute Gasteiger partial charge is 0.242 e. The Morgan fingerprint density at radius 3 is 2.94 bits per heavy atom. The Kier molecular flexibility index (Phi) is 3.59. The van der Waals surface area contributed by atoms with Gasteiger partial charge in [-0.1, -0.05) is 11.6 Å². The predicted octanol–water partition coefficient (Wildman–Crippen LogP) is 0.835. The van der Waals surface area contributed by atoms with Crippen molar-refractivity contribution < 1.29 is 9.59 Å². The van der Waals surface area contributed by atoms with Crippen molar-refractivity contribution in [2.24, 2.45) is 0 Å². The van der Waals surface area contributed by atoms with Gasteiger partial charge in [-0.2, -0.15) is 0 Å². The first-order chi connectivity index (χ1) is 7.75. The van der Waals surface area contributed by atoms with E-state index in [1.807, 2.05) is 0 Å². The zero-order chi connectivity index (χ0) is 11.4. The molecule has 88 valence electrons. The van der Waals surface area contributed by atoms with E-state index >= 15 is 0 Å². The number of nitrogens with zero attached hydrogens (tertiary/aromatic N) is 1. The van der Waals surface area contributed by atoms with Crippen molar-refractivity contribution in [3.63, 3.8) is 0 Å². The summed E-state index contributed by atoms with van der Waals surface area (Å²) in [6, 6.07) is 0. The van der Waals surface area contributed by atoms with Crippen LogP contribution in [-0.2, 0) is 9.59 Å². The Bertz CT molecular complexity index is 323. The number of carbonyl (C=O) groups excluding carboxylic acids is 2. The van der Waals surface area contributed by atoms with Gasteiger partial charge >= 0.3 is 0 Å². The minimum atomic E-state index is -0.0442. The molecule has 1 N–H and O–H groups in total. The van der Waals surface area contributed by atoms with Gasteiger partial charge in [0.1, 0.15) is 0 Å². The molecule has 0 aromatic rings. The lowest BCUT2D eigenvalue weighted by Crippen LogP contribution is -2.51. The summed E-state index contributed by atoms with van der Waals surface area (Å²) in [5.41, 5.74) is 1.45. The van der Waals surface area contributed by atoms with Gasteiger partial charge in [-0.05, 0) is 32.1 Å². The Morgan fingerprint density at radius 1 is 1.31 bits per heavy atom. The number of allylic oxidation sites excluding steroid dienone is 1. The van der Waals surface area contributed by atoms with Gasteiger partial charge < -0.3 is 10.2 Å². The van der Waals surface area contributed by atoms with Gasteiger partial charge in [0.2, 0.25) is 11.8 Å². The van der Waals surface area contributed by atoms with Crippen molar-refractivity contribution in [2.75, 3.05) is 19.6 Å². The van der Waals surface area contributed by atoms with E-state index in [2.05, 4.69) is 11.4 Å². The van der Waals surface area contributed by atoms with Gasteiger partial charge in [-0.25, -0.2) is 0 Å². The first-order valence-electron chi connectivity index (χ1n) is 5.98. The van der Waals surface area contributed by atoms with E-state index in [1.54, 1.807) is 4.90 Å². The lowest BCUT2D eigenvalue weighted by Gasteiger charge is -2.27. The molecule has 2 rings (SSSR count). The third kappa shape index (κ3) is 2.84. The van der Waals surface area contributed by atoms with E-state index in [0.717, 1.165) is 12.8 Å². The van der Waals surface area contributed by atoms with Crippen LogP contribution in [0.15, 0.2) is 11.6 Å². The van der Waals surface area contributed by atoms with Gasteiger partial charge in [0, 0.05) is 6.54 Å². The average Bonchev–Trinajstić information content (AvgIpc) is 2.32. The Balaban J connectivity index is 1.81. The summed E-state index contributed by atoms with van der Waals surface area (Å²) in [4.78, 5) is 24.3. The van der Waals surface area contributed by atoms with E-state index in [1.165, 1.54) is 24.8 Å². The third-order valence-electron chi connectivity index (χ3n) is 3.21. The molecule has 0 aromatic heterocycles. The minimum Gasteiger partial charge on any atom is -0.345 e. The number of piperazine rings is 1. The van der Waals surface area contributed by atoms with Crippen molar-refractivity contribution in [2.45, 2.75) is 32.1 Å². The molecule has 1 aliphatic heterocycles. The van der Waals surface area contributed by atoms with Gasteiger partial charge in [-0.3, -0.25) is 9.59 Å². The van der Waals surface area contributed by atoms with E-state index in [0.29, 0.717) is 6.54 Å². The molecule has 0 spiro atoms.